The first-order valence-electron chi connectivity index (χ1n) is 6.54. The number of nitriles is 1. The molecular weight excluding hydrogens is 278 g/mol. The summed E-state index contributed by atoms with van der Waals surface area (Å²) < 4.78 is 5.64. The molecule has 0 saturated heterocycles. The smallest absolute Gasteiger partial charge is 0.201 e. The van der Waals surface area contributed by atoms with Crippen molar-refractivity contribution < 1.29 is 4.74 Å². The van der Waals surface area contributed by atoms with Crippen LogP contribution in [0.2, 0.25) is 0 Å². The Labute approximate surface area is 128 Å². The Kier molecular flexibility index (Phi) is 5.10. The van der Waals surface area contributed by atoms with Crippen LogP contribution in [-0.4, -0.2) is 11.5 Å². The first kappa shape index (κ1) is 15.1. The van der Waals surface area contributed by atoms with Gasteiger partial charge in [-0.1, -0.05) is 30.3 Å². The molecule has 0 aliphatic heterocycles. The lowest BCUT2D eigenvalue weighted by molar-refractivity contribution is 0.306. The minimum Gasteiger partial charge on any atom is -0.489 e. The molecule has 0 aliphatic rings. The van der Waals surface area contributed by atoms with Crippen LogP contribution in [0.4, 0.5) is 5.69 Å². The Morgan fingerprint density at radius 3 is 2.45 bits per heavy atom. The van der Waals surface area contributed by atoms with E-state index in [-0.39, 0.29) is 11.5 Å². The first-order chi connectivity index (χ1) is 10.7. The monoisotopic (exact) mass is 293 g/mol. The molecule has 2 aromatic rings. The van der Waals surface area contributed by atoms with Crippen molar-refractivity contribution in [3.63, 3.8) is 0 Å². The van der Waals surface area contributed by atoms with Crippen molar-refractivity contribution in [1.82, 2.24) is 0 Å². The van der Waals surface area contributed by atoms with Crippen LogP contribution in [0.15, 0.2) is 59.7 Å². The standard InChI is InChI=1S/C16H15N5O/c17-10-15(16(18)19)21-20-13-8-6-12(7-9-13)11-22-14-4-2-1-3-5-14/h1-9,20H,11H2,(H3,18,19)/b21-15+. The predicted molar refractivity (Wildman–Crippen MR) is 85.8 cm³/mol. The van der Waals surface area contributed by atoms with Gasteiger partial charge in [0.05, 0.1) is 5.69 Å². The maximum atomic E-state index is 8.74. The van der Waals surface area contributed by atoms with E-state index >= 15 is 0 Å². The molecule has 0 unspecified atom stereocenters. The lowest BCUT2D eigenvalue weighted by Gasteiger charge is -2.07. The fourth-order valence-electron chi connectivity index (χ4n) is 1.62. The van der Waals surface area contributed by atoms with Gasteiger partial charge < -0.3 is 10.5 Å². The van der Waals surface area contributed by atoms with E-state index in [0.717, 1.165) is 11.3 Å². The van der Waals surface area contributed by atoms with Gasteiger partial charge in [0, 0.05) is 0 Å². The minimum atomic E-state index is -0.372. The molecule has 22 heavy (non-hydrogen) atoms. The molecule has 0 bridgehead atoms. The van der Waals surface area contributed by atoms with Crippen molar-refractivity contribution in [3.8, 4) is 11.8 Å². The maximum absolute atomic E-state index is 8.74. The third-order valence-corrected chi connectivity index (χ3v) is 2.76. The van der Waals surface area contributed by atoms with Crippen LogP contribution in [0.5, 0.6) is 5.75 Å². The number of para-hydroxylation sites is 1. The number of benzene rings is 2. The molecule has 4 N–H and O–H groups in total. The van der Waals surface area contributed by atoms with Gasteiger partial charge >= 0.3 is 0 Å². The summed E-state index contributed by atoms with van der Waals surface area (Å²) in [6, 6.07) is 18.7. The molecule has 6 heteroatoms. The Balaban J connectivity index is 1.93. The Morgan fingerprint density at radius 2 is 1.86 bits per heavy atom. The van der Waals surface area contributed by atoms with Crippen LogP contribution in [0.3, 0.4) is 0 Å². The van der Waals surface area contributed by atoms with Crippen LogP contribution in [0, 0.1) is 16.7 Å². The molecule has 0 fully saturated rings. The number of rotatable bonds is 6. The number of anilines is 1. The topological polar surface area (TPSA) is 107 Å². The fraction of sp³-hybridized carbons (Fsp3) is 0.0625. The summed E-state index contributed by atoms with van der Waals surface area (Å²) in [4.78, 5) is 0. The molecule has 2 rings (SSSR count). The molecule has 0 spiro atoms. The van der Waals surface area contributed by atoms with E-state index in [0.29, 0.717) is 12.3 Å². The van der Waals surface area contributed by atoms with Crippen molar-refractivity contribution in [3.05, 3.63) is 60.2 Å². The van der Waals surface area contributed by atoms with Crippen molar-refractivity contribution in [2.75, 3.05) is 5.43 Å². The molecule has 2 aromatic carbocycles. The van der Waals surface area contributed by atoms with E-state index in [1.54, 1.807) is 6.07 Å². The van der Waals surface area contributed by atoms with Gasteiger partial charge in [0.25, 0.3) is 0 Å². The molecule has 0 heterocycles. The summed E-state index contributed by atoms with van der Waals surface area (Å²) in [5.41, 5.74) is 9.43. The molecule has 6 nitrogen and oxygen atoms in total. The first-order valence-corrected chi connectivity index (χ1v) is 6.54. The van der Waals surface area contributed by atoms with Crippen LogP contribution in [0.25, 0.3) is 0 Å². The Morgan fingerprint density at radius 1 is 1.18 bits per heavy atom. The lowest BCUT2D eigenvalue weighted by Crippen LogP contribution is -2.21. The number of amidine groups is 1. The van der Waals surface area contributed by atoms with Gasteiger partial charge in [-0.05, 0) is 29.8 Å². The molecule has 0 atom stereocenters. The number of ether oxygens (including phenoxy) is 1. The highest BCUT2D eigenvalue weighted by Gasteiger charge is 2.01. The number of hydrogen-bond acceptors (Lipinski definition) is 5. The molecule has 110 valence electrons. The highest BCUT2D eigenvalue weighted by molar-refractivity contribution is 6.45. The van der Waals surface area contributed by atoms with Gasteiger partial charge in [0.2, 0.25) is 5.71 Å². The van der Waals surface area contributed by atoms with E-state index in [2.05, 4.69) is 10.5 Å². The number of nitrogens with two attached hydrogens (primary N) is 1. The molecule has 0 aromatic heterocycles. The second kappa shape index (κ2) is 7.45. The van der Waals surface area contributed by atoms with E-state index < -0.39 is 0 Å². The summed E-state index contributed by atoms with van der Waals surface area (Å²) in [5, 5.41) is 19.7. The predicted octanol–water partition coefficient (Wildman–Crippen LogP) is 2.49. The van der Waals surface area contributed by atoms with Crippen LogP contribution >= 0.6 is 0 Å². The van der Waals surface area contributed by atoms with E-state index in [1.807, 2.05) is 54.6 Å². The second-order valence-electron chi connectivity index (χ2n) is 4.40. The van der Waals surface area contributed by atoms with Gasteiger partial charge in [-0.2, -0.15) is 10.4 Å². The highest BCUT2D eigenvalue weighted by Crippen LogP contribution is 2.14. The molecule has 0 amide bonds. The van der Waals surface area contributed by atoms with E-state index in [4.69, 9.17) is 21.1 Å². The van der Waals surface area contributed by atoms with Crippen LogP contribution in [-0.2, 0) is 6.61 Å². The van der Waals surface area contributed by atoms with Crippen LogP contribution < -0.4 is 15.9 Å². The summed E-state index contributed by atoms with van der Waals surface area (Å²) in [5.74, 6) is 0.442. The van der Waals surface area contributed by atoms with E-state index in [1.165, 1.54) is 0 Å². The molecule has 0 saturated carbocycles. The molecular formula is C16H15N5O. The lowest BCUT2D eigenvalue weighted by atomic mass is 10.2. The molecule has 0 radical (unpaired) electrons. The summed E-state index contributed by atoms with van der Waals surface area (Å²) in [6.07, 6.45) is 0. The number of nitrogens with zero attached hydrogens (tertiary/aromatic N) is 2. The maximum Gasteiger partial charge on any atom is 0.201 e. The van der Waals surface area contributed by atoms with Gasteiger partial charge in [0.15, 0.2) is 5.84 Å². The minimum absolute atomic E-state index is 0.156. The zero-order valence-electron chi connectivity index (χ0n) is 11.8. The van der Waals surface area contributed by atoms with Crippen molar-refractivity contribution >= 4 is 17.2 Å². The largest absolute Gasteiger partial charge is 0.489 e. The fourth-order valence-corrected chi connectivity index (χ4v) is 1.62. The summed E-state index contributed by atoms with van der Waals surface area (Å²) >= 11 is 0. The normalized spacial score (nSPS) is 10.6. The summed E-state index contributed by atoms with van der Waals surface area (Å²) in [7, 11) is 0. The van der Waals surface area contributed by atoms with Crippen molar-refractivity contribution in [2.24, 2.45) is 10.8 Å². The Hall–Kier alpha value is -3.33. The highest BCUT2D eigenvalue weighted by atomic mass is 16.5. The summed E-state index contributed by atoms with van der Waals surface area (Å²) in [6.45, 7) is 0.463. The average Bonchev–Trinajstić information content (AvgIpc) is 2.55. The number of hydrogen-bond donors (Lipinski definition) is 3. The zero-order chi connectivity index (χ0) is 15.8. The van der Waals surface area contributed by atoms with Gasteiger partial charge in [-0.3, -0.25) is 10.8 Å². The second-order valence-corrected chi connectivity index (χ2v) is 4.40. The average molecular weight is 293 g/mol. The zero-order valence-corrected chi connectivity index (χ0v) is 11.8. The van der Waals surface area contributed by atoms with Gasteiger partial charge in [-0.15, -0.1) is 0 Å². The Bertz CT molecular complexity index is 702. The quantitative estimate of drug-likeness (QED) is 0.432. The van der Waals surface area contributed by atoms with Gasteiger partial charge in [-0.25, -0.2) is 0 Å². The van der Waals surface area contributed by atoms with Crippen LogP contribution in [0.1, 0.15) is 5.56 Å². The SMILES string of the molecule is N#C/C(=N\Nc1ccc(COc2ccccc2)cc1)C(=N)N. The van der Waals surface area contributed by atoms with Crippen molar-refractivity contribution in [1.29, 1.82) is 10.7 Å². The number of nitrogens with one attached hydrogen (secondary N) is 2. The molecule has 0 aliphatic carbocycles. The third-order valence-electron chi connectivity index (χ3n) is 2.76. The third kappa shape index (κ3) is 4.35. The number of hydrazone groups is 1. The van der Waals surface area contributed by atoms with E-state index in [9.17, 15) is 0 Å². The van der Waals surface area contributed by atoms with Gasteiger partial charge in [0.1, 0.15) is 18.4 Å². The van der Waals surface area contributed by atoms with Crippen molar-refractivity contribution in [2.45, 2.75) is 6.61 Å².